The van der Waals surface area contributed by atoms with Gasteiger partial charge in [-0.25, -0.2) is 4.39 Å². The fourth-order valence-corrected chi connectivity index (χ4v) is 2.73. The number of benzene rings is 1. The summed E-state index contributed by atoms with van der Waals surface area (Å²) in [7, 11) is 0. The van der Waals surface area contributed by atoms with Crippen LogP contribution < -0.4 is 0 Å². The molecular weight excluding hydrogens is 271 g/mol. The molecule has 0 radical (unpaired) electrons. The van der Waals surface area contributed by atoms with Crippen molar-refractivity contribution >= 4 is 28.7 Å². The molecular formula is C14H12ClFOS. The SMILES string of the molecule is CCc1ccc(C(=O)Cc2cc(F)ccc2Cl)s1. The second-order valence-electron chi connectivity index (χ2n) is 3.96. The molecule has 0 atom stereocenters. The number of halogens is 2. The van der Waals surface area contributed by atoms with Gasteiger partial charge in [-0.15, -0.1) is 11.3 Å². The minimum absolute atomic E-state index is 0.0211. The first-order chi connectivity index (χ1) is 8.60. The van der Waals surface area contributed by atoms with Gasteiger partial charge >= 0.3 is 0 Å². The molecule has 18 heavy (non-hydrogen) atoms. The van der Waals surface area contributed by atoms with Crippen molar-refractivity contribution in [2.24, 2.45) is 0 Å². The molecule has 0 aliphatic rings. The maximum absolute atomic E-state index is 13.1. The molecule has 0 saturated heterocycles. The molecule has 0 bridgehead atoms. The fraction of sp³-hybridized carbons (Fsp3) is 0.214. The number of ketones is 1. The molecule has 94 valence electrons. The third-order valence-corrected chi connectivity index (χ3v) is 4.28. The summed E-state index contributed by atoms with van der Waals surface area (Å²) in [6, 6.07) is 7.85. The Kier molecular flexibility index (Phi) is 4.15. The van der Waals surface area contributed by atoms with Crippen LogP contribution in [0.25, 0.3) is 0 Å². The van der Waals surface area contributed by atoms with Crippen molar-refractivity contribution in [3.05, 3.63) is 56.5 Å². The molecule has 0 amide bonds. The van der Waals surface area contributed by atoms with Crippen LogP contribution in [0.1, 0.15) is 27.0 Å². The van der Waals surface area contributed by atoms with E-state index in [2.05, 4.69) is 0 Å². The Labute approximate surface area is 114 Å². The average Bonchev–Trinajstić information content (AvgIpc) is 2.82. The van der Waals surface area contributed by atoms with Crippen LogP contribution in [0.4, 0.5) is 4.39 Å². The molecule has 1 aromatic carbocycles. The summed E-state index contributed by atoms with van der Waals surface area (Å²) in [6.45, 7) is 2.05. The van der Waals surface area contributed by atoms with Gasteiger partial charge in [0.05, 0.1) is 4.88 Å². The van der Waals surface area contributed by atoms with Crippen LogP contribution in [0.3, 0.4) is 0 Å². The number of carbonyl (C=O) groups excluding carboxylic acids is 1. The highest BCUT2D eigenvalue weighted by Gasteiger charge is 2.12. The average molecular weight is 283 g/mol. The zero-order chi connectivity index (χ0) is 13.1. The second kappa shape index (κ2) is 5.63. The number of Topliss-reactive ketones (excluding diaryl/α,β-unsaturated/α-hetero) is 1. The molecule has 0 aliphatic carbocycles. The molecule has 1 heterocycles. The first-order valence-corrected chi connectivity index (χ1v) is 6.85. The lowest BCUT2D eigenvalue weighted by atomic mass is 10.1. The number of hydrogen-bond donors (Lipinski definition) is 0. The zero-order valence-corrected chi connectivity index (χ0v) is 11.4. The van der Waals surface area contributed by atoms with Gasteiger partial charge in [-0.05, 0) is 42.3 Å². The van der Waals surface area contributed by atoms with Gasteiger partial charge in [-0.3, -0.25) is 4.79 Å². The van der Waals surface area contributed by atoms with Gasteiger partial charge in [-0.1, -0.05) is 18.5 Å². The molecule has 2 rings (SSSR count). The van der Waals surface area contributed by atoms with Crippen LogP contribution in [-0.4, -0.2) is 5.78 Å². The summed E-state index contributed by atoms with van der Waals surface area (Å²) >= 11 is 7.43. The van der Waals surface area contributed by atoms with Gasteiger partial charge in [0.15, 0.2) is 5.78 Å². The maximum Gasteiger partial charge on any atom is 0.177 e. The van der Waals surface area contributed by atoms with Crippen molar-refractivity contribution in [3.8, 4) is 0 Å². The lowest BCUT2D eigenvalue weighted by Gasteiger charge is -2.02. The van der Waals surface area contributed by atoms with Gasteiger partial charge in [0, 0.05) is 16.3 Å². The summed E-state index contributed by atoms with van der Waals surface area (Å²) in [4.78, 5) is 13.9. The largest absolute Gasteiger partial charge is 0.293 e. The molecule has 4 heteroatoms. The Hall–Kier alpha value is -1.19. The van der Waals surface area contributed by atoms with Gasteiger partial charge < -0.3 is 0 Å². The zero-order valence-electron chi connectivity index (χ0n) is 9.87. The predicted octanol–water partition coefficient (Wildman–Crippen LogP) is 4.53. The van der Waals surface area contributed by atoms with Crippen molar-refractivity contribution in [2.75, 3.05) is 0 Å². The lowest BCUT2D eigenvalue weighted by molar-refractivity contribution is 0.0997. The van der Waals surface area contributed by atoms with Crippen LogP contribution >= 0.6 is 22.9 Å². The molecule has 0 N–H and O–H groups in total. The van der Waals surface area contributed by atoms with E-state index in [4.69, 9.17) is 11.6 Å². The summed E-state index contributed by atoms with van der Waals surface area (Å²) in [6.07, 6.45) is 1.05. The molecule has 0 aliphatic heterocycles. The van der Waals surface area contributed by atoms with Gasteiger partial charge in [-0.2, -0.15) is 0 Å². The maximum atomic E-state index is 13.1. The third kappa shape index (κ3) is 2.98. The van der Waals surface area contributed by atoms with Crippen molar-refractivity contribution in [1.82, 2.24) is 0 Å². The number of aryl methyl sites for hydroxylation is 1. The smallest absolute Gasteiger partial charge is 0.177 e. The minimum atomic E-state index is -0.373. The van der Waals surface area contributed by atoms with E-state index >= 15 is 0 Å². The van der Waals surface area contributed by atoms with Crippen LogP contribution in [0.15, 0.2) is 30.3 Å². The van der Waals surface area contributed by atoms with E-state index in [1.54, 1.807) is 0 Å². The summed E-state index contributed by atoms with van der Waals surface area (Å²) in [5.74, 6) is -0.394. The highest BCUT2D eigenvalue weighted by atomic mass is 35.5. The molecule has 0 spiro atoms. The van der Waals surface area contributed by atoms with E-state index in [-0.39, 0.29) is 18.0 Å². The molecule has 2 aromatic rings. The first kappa shape index (κ1) is 13.2. The van der Waals surface area contributed by atoms with Crippen LogP contribution in [0.5, 0.6) is 0 Å². The first-order valence-electron chi connectivity index (χ1n) is 5.66. The van der Waals surface area contributed by atoms with Crippen LogP contribution in [-0.2, 0) is 12.8 Å². The Bertz CT molecular complexity index is 577. The monoisotopic (exact) mass is 282 g/mol. The van der Waals surface area contributed by atoms with E-state index in [1.165, 1.54) is 34.4 Å². The van der Waals surface area contributed by atoms with Gasteiger partial charge in [0.25, 0.3) is 0 Å². The fourth-order valence-electron chi connectivity index (χ4n) is 1.66. The number of hydrogen-bond acceptors (Lipinski definition) is 2. The standard InChI is InChI=1S/C14H12ClFOS/c1-2-11-4-6-14(18-11)13(17)8-9-7-10(16)3-5-12(9)15/h3-7H,2,8H2,1H3. The van der Waals surface area contributed by atoms with E-state index in [0.717, 1.165) is 6.42 Å². The minimum Gasteiger partial charge on any atom is -0.293 e. The van der Waals surface area contributed by atoms with E-state index in [1.807, 2.05) is 19.1 Å². The second-order valence-corrected chi connectivity index (χ2v) is 5.53. The van der Waals surface area contributed by atoms with Gasteiger partial charge in [0.2, 0.25) is 0 Å². The Morgan fingerprint density at radius 3 is 2.78 bits per heavy atom. The number of thiophene rings is 1. The van der Waals surface area contributed by atoms with Crippen LogP contribution in [0, 0.1) is 5.82 Å². The molecule has 1 nitrogen and oxygen atoms in total. The van der Waals surface area contributed by atoms with E-state index in [9.17, 15) is 9.18 Å². The topological polar surface area (TPSA) is 17.1 Å². The van der Waals surface area contributed by atoms with E-state index in [0.29, 0.717) is 15.5 Å². The van der Waals surface area contributed by atoms with Crippen LogP contribution in [0.2, 0.25) is 5.02 Å². The molecule has 0 fully saturated rings. The van der Waals surface area contributed by atoms with E-state index < -0.39 is 0 Å². The highest BCUT2D eigenvalue weighted by Crippen LogP contribution is 2.22. The Balaban J connectivity index is 2.18. The lowest BCUT2D eigenvalue weighted by Crippen LogP contribution is -2.02. The Morgan fingerprint density at radius 1 is 1.33 bits per heavy atom. The summed E-state index contributed by atoms with van der Waals surface area (Å²) < 4.78 is 13.1. The third-order valence-electron chi connectivity index (χ3n) is 2.64. The van der Waals surface area contributed by atoms with Crippen molar-refractivity contribution in [1.29, 1.82) is 0 Å². The molecule has 0 saturated carbocycles. The molecule has 0 unspecified atom stereocenters. The quantitative estimate of drug-likeness (QED) is 0.753. The van der Waals surface area contributed by atoms with Crippen molar-refractivity contribution in [2.45, 2.75) is 19.8 Å². The van der Waals surface area contributed by atoms with Gasteiger partial charge in [0.1, 0.15) is 5.82 Å². The number of rotatable bonds is 4. The summed E-state index contributed by atoms with van der Waals surface area (Å²) in [5, 5.41) is 0.428. The highest BCUT2D eigenvalue weighted by molar-refractivity contribution is 7.14. The van der Waals surface area contributed by atoms with Crippen molar-refractivity contribution in [3.63, 3.8) is 0 Å². The molecule has 1 aromatic heterocycles. The normalized spacial score (nSPS) is 10.6. The number of carbonyl (C=O) groups is 1. The van der Waals surface area contributed by atoms with Crippen molar-refractivity contribution < 1.29 is 9.18 Å². The Morgan fingerprint density at radius 2 is 2.11 bits per heavy atom. The predicted molar refractivity (Wildman–Crippen MR) is 73.1 cm³/mol. The summed E-state index contributed by atoms with van der Waals surface area (Å²) in [5.41, 5.74) is 0.535.